The first-order valence-corrected chi connectivity index (χ1v) is 11.7. The van der Waals surface area contributed by atoms with Gasteiger partial charge < -0.3 is 35.0 Å². The molecule has 0 bridgehead atoms. The molecule has 0 aromatic heterocycles. The van der Waals surface area contributed by atoms with Crippen LogP contribution in [0.15, 0.2) is 23.8 Å². The second-order valence-electron chi connectivity index (χ2n) is 9.23. The van der Waals surface area contributed by atoms with E-state index in [0.29, 0.717) is 28.9 Å². The number of hydrogen-bond acceptors (Lipinski definition) is 7. The molecule has 198 valence electrons. The van der Waals surface area contributed by atoms with Gasteiger partial charge in [-0.05, 0) is 36.6 Å². The summed E-state index contributed by atoms with van der Waals surface area (Å²) in [6.45, 7) is -2.41. The predicted molar refractivity (Wildman–Crippen MR) is 119 cm³/mol. The maximum atomic E-state index is 13.5. The van der Waals surface area contributed by atoms with Crippen LogP contribution in [0.3, 0.4) is 0 Å². The molecule has 9 nitrogen and oxygen atoms in total. The summed E-state index contributed by atoms with van der Waals surface area (Å²) in [4.78, 5) is 26.8. The summed E-state index contributed by atoms with van der Waals surface area (Å²) in [5.74, 6) is -2.48. The molecular formula is C24H29F3N2O7. The summed E-state index contributed by atoms with van der Waals surface area (Å²) in [6.07, 6.45) is -4.69. The normalized spacial score (nSPS) is 25.1. The first-order valence-electron chi connectivity index (χ1n) is 11.7. The van der Waals surface area contributed by atoms with Crippen molar-refractivity contribution in [2.24, 2.45) is 5.92 Å². The zero-order valence-corrected chi connectivity index (χ0v) is 19.6. The number of hydrogen-bond donors (Lipinski definition) is 4. The molecule has 1 aromatic rings. The molecule has 36 heavy (non-hydrogen) atoms. The van der Waals surface area contributed by atoms with Gasteiger partial charge in [0.2, 0.25) is 11.8 Å². The second kappa shape index (κ2) is 10.3. The molecule has 1 fully saturated rings. The van der Waals surface area contributed by atoms with Crippen LogP contribution in [0.4, 0.5) is 13.2 Å². The molecule has 4 atom stereocenters. The van der Waals surface area contributed by atoms with Gasteiger partial charge in [-0.3, -0.25) is 9.59 Å². The number of nitrogens with zero attached hydrogens (tertiary/aromatic N) is 1. The van der Waals surface area contributed by atoms with Gasteiger partial charge in [-0.15, -0.1) is 0 Å². The van der Waals surface area contributed by atoms with Crippen LogP contribution in [0, 0.1) is 5.92 Å². The Balaban J connectivity index is 1.81. The molecule has 0 unspecified atom stereocenters. The third-order valence-electron chi connectivity index (χ3n) is 6.94. The van der Waals surface area contributed by atoms with Crippen LogP contribution in [-0.4, -0.2) is 83.3 Å². The Kier molecular flexibility index (Phi) is 7.48. The number of benzene rings is 1. The lowest BCUT2D eigenvalue weighted by atomic mass is 9.76. The van der Waals surface area contributed by atoms with Gasteiger partial charge in [0.25, 0.3) is 0 Å². The molecule has 1 heterocycles. The van der Waals surface area contributed by atoms with E-state index in [-0.39, 0.29) is 36.8 Å². The van der Waals surface area contributed by atoms with Gasteiger partial charge in [0, 0.05) is 23.6 Å². The average molecular weight is 514 g/mol. The van der Waals surface area contributed by atoms with Crippen molar-refractivity contribution in [3.05, 3.63) is 34.9 Å². The van der Waals surface area contributed by atoms with Crippen LogP contribution >= 0.6 is 0 Å². The Hall–Kier alpha value is -2.83. The number of carbonyl (C=O) groups excluding carboxylic acids is 2. The van der Waals surface area contributed by atoms with Gasteiger partial charge in [0.05, 0.1) is 32.3 Å². The Morgan fingerprint density at radius 3 is 2.53 bits per heavy atom. The lowest BCUT2D eigenvalue weighted by Gasteiger charge is -2.42. The fourth-order valence-electron chi connectivity index (χ4n) is 5.03. The molecule has 2 amide bonds. The van der Waals surface area contributed by atoms with E-state index in [1.165, 1.54) is 19.3 Å². The van der Waals surface area contributed by atoms with Gasteiger partial charge in [-0.2, -0.15) is 13.2 Å². The summed E-state index contributed by atoms with van der Waals surface area (Å²) in [6, 6.07) is 1.62. The second-order valence-corrected chi connectivity index (χ2v) is 9.23. The van der Waals surface area contributed by atoms with E-state index in [2.05, 4.69) is 5.32 Å². The number of amides is 2. The van der Waals surface area contributed by atoms with E-state index in [4.69, 9.17) is 14.6 Å². The third kappa shape index (κ3) is 4.89. The van der Waals surface area contributed by atoms with Gasteiger partial charge >= 0.3 is 6.18 Å². The number of rotatable bonds is 8. The summed E-state index contributed by atoms with van der Waals surface area (Å²) >= 11 is 0. The van der Waals surface area contributed by atoms with Gasteiger partial charge in [0.15, 0.2) is 11.5 Å². The highest BCUT2D eigenvalue weighted by molar-refractivity contribution is 5.96. The van der Waals surface area contributed by atoms with Crippen LogP contribution in [-0.2, 0) is 16.2 Å². The van der Waals surface area contributed by atoms with Gasteiger partial charge in [-0.1, -0.05) is 6.42 Å². The van der Waals surface area contributed by atoms with Crippen molar-refractivity contribution in [1.29, 1.82) is 0 Å². The number of carbonyl (C=O) groups is 2. The Bertz CT molecular complexity index is 1040. The number of fused-ring (bicyclic) bond motifs is 3. The van der Waals surface area contributed by atoms with Crippen molar-refractivity contribution in [3.8, 4) is 11.5 Å². The highest BCUT2D eigenvalue weighted by Gasteiger charge is 2.53. The predicted octanol–water partition coefficient (Wildman–Crippen LogP) is 1.00. The van der Waals surface area contributed by atoms with Crippen LogP contribution < -0.4 is 14.8 Å². The fourth-order valence-corrected chi connectivity index (χ4v) is 5.03. The first kappa shape index (κ1) is 26.2. The molecule has 1 saturated carbocycles. The number of alkyl halides is 3. The number of nitrogens with one attached hydrogen (secondary N) is 1. The van der Waals surface area contributed by atoms with Crippen molar-refractivity contribution in [2.75, 3.05) is 26.8 Å². The van der Waals surface area contributed by atoms with Crippen molar-refractivity contribution in [1.82, 2.24) is 10.2 Å². The van der Waals surface area contributed by atoms with Crippen LogP contribution in [0.1, 0.15) is 36.3 Å². The standard InChI is InChI=1S/C24H29F3N2O7/c1-35-17-8-12(10-31)7-14-18-15(22(33)28-5-6-30)9-16(19(32)21(18)36-20(14)17)29(11-24(25,26)27)23(34)13-3-2-4-13/h7-9,13,16,18-19,21,30-32H,2-6,10-11H2,1H3,(H,28,33)/t16-,18+,19+,21+/m1/s1. The highest BCUT2D eigenvalue weighted by atomic mass is 19.4. The maximum Gasteiger partial charge on any atom is 0.406 e. The zero-order valence-electron chi connectivity index (χ0n) is 19.6. The lowest BCUT2D eigenvalue weighted by molar-refractivity contribution is -0.174. The maximum absolute atomic E-state index is 13.5. The molecule has 2 aliphatic carbocycles. The van der Waals surface area contributed by atoms with Crippen molar-refractivity contribution < 1.29 is 47.6 Å². The largest absolute Gasteiger partial charge is 0.493 e. The van der Waals surface area contributed by atoms with Crippen LogP contribution in [0.25, 0.3) is 0 Å². The van der Waals surface area contributed by atoms with E-state index in [9.17, 15) is 33.0 Å². The molecule has 1 aromatic carbocycles. The van der Waals surface area contributed by atoms with Gasteiger partial charge in [0.1, 0.15) is 18.8 Å². The topological polar surface area (TPSA) is 129 Å². The number of ether oxygens (including phenoxy) is 2. The number of methoxy groups -OCH3 is 1. The molecule has 4 N–H and O–H groups in total. The summed E-state index contributed by atoms with van der Waals surface area (Å²) in [5, 5.41) is 32.6. The molecule has 0 saturated heterocycles. The lowest BCUT2D eigenvalue weighted by Crippen LogP contribution is -2.58. The van der Waals surface area contributed by atoms with Crippen molar-refractivity contribution >= 4 is 11.8 Å². The molecule has 4 rings (SSSR count). The van der Waals surface area contributed by atoms with E-state index in [0.717, 1.165) is 6.42 Å². The Morgan fingerprint density at radius 1 is 1.25 bits per heavy atom. The van der Waals surface area contributed by atoms with Crippen LogP contribution in [0.5, 0.6) is 11.5 Å². The van der Waals surface area contributed by atoms with Crippen molar-refractivity contribution in [3.63, 3.8) is 0 Å². The molecule has 0 spiro atoms. The fraction of sp³-hybridized carbons (Fsp3) is 0.583. The highest BCUT2D eigenvalue weighted by Crippen LogP contribution is 2.51. The minimum atomic E-state index is -4.73. The average Bonchev–Trinajstić information content (AvgIpc) is 3.19. The van der Waals surface area contributed by atoms with Gasteiger partial charge in [-0.25, -0.2) is 0 Å². The molecule has 0 radical (unpaired) electrons. The Labute approximate surface area is 205 Å². The quantitative estimate of drug-likeness (QED) is 0.408. The minimum absolute atomic E-state index is 0.00627. The zero-order chi connectivity index (χ0) is 26.2. The SMILES string of the molecule is COc1cc(CO)cc2c1O[C@@H]1[C@@H](O)[C@H](N(CC(F)(F)F)C(=O)C3CCC3)C=C(C(=O)NCCO)[C@H]21. The van der Waals surface area contributed by atoms with E-state index in [1.54, 1.807) is 6.07 Å². The van der Waals surface area contributed by atoms with E-state index in [1.807, 2.05) is 0 Å². The first-order chi connectivity index (χ1) is 17.1. The smallest absolute Gasteiger partial charge is 0.406 e. The van der Waals surface area contributed by atoms with E-state index >= 15 is 0 Å². The third-order valence-corrected chi connectivity index (χ3v) is 6.94. The number of aliphatic hydroxyl groups excluding tert-OH is 3. The monoisotopic (exact) mass is 514 g/mol. The number of halogens is 3. The Morgan fingerprint density at radius 2 is 1.97 bits per heavy atom. The minimum Gasteiger partial charge on any atom is -0.493 e. The molecular weight excluding hydrogens is 485 g/mol. The van der Waals surface area contributed by atoms with E-state index < -0.39 is 54.6 Å². The van der Waals surface area contributed by atoms with Crippen LogP contribution in [0.2, 0.25) is 0 Å². The summed E-state index contributed by atoms with van der Waals surface area (Å²) < 4.78 is 52.0. The molecule has 3 aliphatic rings. The van der Waals surface area contributed by atoms with Crippen molar-refractivity contribution in [2.45, 2.75) is 56.2 Å². The summed E-state index contributed by atoms with van der Waals surface area (Å²) in [5.41, 5.74) is 0.854. The molecule has 12 heteroatoms. The molecule has 1 aliphatic heterocycles. The number of aliphatic hydroxyl groups is 3. The summed E-state index contributed by atoms with van der Waals surface area (Å²) in [7, 11) is 1.37.